The average molecular weight is 298 g/mol. The number of halogens is 1. The van der Waals surface area contributed by atoms with Crippen LogP contribution < -0.4 is 10.5 Å². The zero-order chi connectivity index (χ0) is 12.6. The lowest BCUT2D eigenvalue weighted by molar-refractivity contribution is 0.408. The van der Waals surface area contributed by atoms with E-state index in [-0.39, 0.29) is 6.04 Å². The van der Waals surface area contributed by atoms with Crippen molar-refractivity contribution in [2.24, 2.45) is 5.73 Å². The fourth-order valence-electron chi connectivity index (χ4n) is 1.97. The first kappa shape index (κ1) is 12.5. The standard InChI is InChI=1S/C13H16BrNO2/c1-7(15)4-9-6-11(16-3)13-10(12(9)14)5-8(2)17-13/h5-7H,4,15H2,1-3H3. The van der Waals surface area contributed by atoms with Gasteiger partial charge in [-0.15, -0.1) is 0 Å². The summed E-state index contributed by atoms with van der Waals surface area (Å²) in [4.78, 5) is 0. The summed E-state index contributed by atoms with van der Waals surface area (Å²) in [6, 6.07) is 4.10. The van der Waals surface area contributed by atoms with Crippen LogP contribution in [0.4, 0.5) is 0 Å². The molecule has 4 heteroatoms. The van der Waals surface area contributed by atoms with E-state index in [4.69, 9.17) is 14.9 Å². The molecule has 0 saturated carbocycles. The van der Waals surface area contributed by atoms with Crippen molar-refractivity contribution >= 4 is 26.9 Å². The molecule has 1 heterocycles. The summed E-state index contributed by atoms with van der Waals surface area (Å²) in [5.41, 5.74) is 7.78. The lowest BCUT2D eigenvalue weighted by Gasteiger charge is -2.10. The molecule has 0 aliphatic heterocycles. The van der Waals surface area contributed by atoms with Gasteiger partial charge in [-0.25, -0.2) is 0 Å². The second kappa shape index (κ2) is 4.70. The second-order valence-electron chi connectivity index (χ2n) is 4.33. The van der Waals surface area contributed by atoms with Crippen molar-refractivity contribution in [2.75, 3.05) is 7.11 Å². The van der Waals surface area contributed by atoms with Crippen molar-refractivity contribution < 1.29 is 9.15 Å². The molecule has 0 fully saturated rings. The molecule has 0 radical (unpaired) electrons. The van der Waals surface area contributed by atoms with Gasteiger partial charge in [0.15, 0.2) is 11.3 Å². The van der Waals surface area contributed by atoms with Gasteiger partial charge < -0.3 is 14.9 Å². The summed E-state index contributed by atoms with van der Waals surface area (Å²) in [7, 11) is 1.65. The van der Waals surface area contributed by atoms with Gasteiger partial charge in [0.1, 0.15) is 5.76 Å². The summed E-state index contributed by atoms with van der Waals surface area (Å²) in [5, 5.41) is 1.04. The largest absolute Gasteiger partial charge is 0.493 e. The number of fused-ring (bicyclic) bond motifs is 1. The van der Waals surface area contributed by atoms with Crippen molar-refractivity contribution in [1.29, 1.82) is 0 Å². The molecule has 17 heavy (non-hydrogen) atoms. The average Bonchev–Trinajstić information content (AvgIpc) is 2.64. The number of furan rings is 1. The van der Waals surface area contributed by atoms with Gasteiger partial charge in [0.05, 0.1) is 7.11 Å². The van der Waals surface area contributed by atoms with E-state index >= 15 is 0 Å². The molecule has 1 atom stereocenters. The van der Waals surface area contributed by atoms with E-state index in [9.17, 15) is 0 Å². The first-order valence-electron chi connectivity index (χ1n) is 5.54. The lowest BCUT2D eigenvalue weighted by atomic mass is 10.1. The number of hydrogen-bond donors (Lipinski definition) is 1. The van der Waals surface area contributed by atoms with E-state index in [1.54, 1.807) is 7.11 Å². The summed E-state index contributed by atoms with van der Waals surface area (Å²) < 4.78 is 12.1. The van der Waals surface area contributed by atoms with Gasteiger partial charge in [0, 0.05) is 15.9 Å². The van der Waals surface area contributed by atoms with Crippen LogP contribution in [-0.2, 0) is 6.42 Å². The molecule has 2 N–H and O–H groups in total. The molecule has 3 nitrogen and oxygen atoms in total. The molecule has 0 spiro atoms. The minimum Gasteiger partial charge on any atom is -0.493 e. The summed E-state index contributed by atoms with van der Waals surface area (Å²) in [5.74, 6) is 1.63. The maximum absolute atomic E-state index is 5.85. The second-order valence-corrected chi connectivity index (χ2v) is 5.13. The maximum atomic E-state index is 5.85. The third-order valence-corrected chi connectivity index (χ3v) is 3.60. The number of methoxy groups -OCH3 is 1. The van der Waals surface area contributed by atoms with Crippen LogP contribution in [0.5, 0.6) is 5.75 Å². The highest BCUT2D eigenvalue weighted by Gasteiger charge is 2.15. The molecule has 2 aromatic rings. The van der Waals surface area contributed by atoms with Crippen molar-refractivity contribution in [1.82, 2.24) is 0 Å². The van der Waals surface area contributed by atoms with Gasteiger partial charge in [0.25, 0.3) is 0 Å². The molecule has 0 saturated heterocycles. The third-order valence-electron chi connectivity index (χ3n) is 2.66. The number of hydrogen-bond acceptors (Lipinski definition) is 3. The summed E-state index contributed by atoms with van der Waals surface area (Å²) >= 11 is 3.62. The molecular weight excluding hydrogens is 282 g/mol. The van der Waals surface area contributed by atoms with Crippen LogP contribution in [0.25, 0.3) is 11.0 Å². The Labute approximate surface area is 109 Å². The number of benzene rings is 1. The SMILES string of the molecule is COc1cc(CC(C)N)c(Br)c2cc(C)oc12. The molecule has 1 aromatic carbocycles. The Bertz CT molecular complexity index is 546. The minimum absolute atomic E-state index is 0.112. The Balaban J connectivity index is 2.66. The maximum Gasteiger partial charge on any atom is 0.177 e. The Hall–Kier alpha value is -1.00. The summed E-state index contributed by atoms with van der Waals surface area (Å²) in [6.07, 6.45) is 0.803. The number of rotatable bonds is 3. The first-order valence-corrected chi connectivity index (χ1v) is 6.33. The van der Waals surface area contributed by atoms with Crippen molar-refractivity contribution in [2.45, 2.75) is 26.3 Å². The number of ether oxygens (including phenoxy) is 1. The van der Waals surface area contributed by atoms with E-state index in [1.807, 2.05) is 26.0 Å². The molecule has 0 amide bonds. The zero-order valence-corrected chi connectivity index (χ0v) is 11.8. The normalized spacial score (nSPS) is 13.0. The van der Waals surface area contributed by atoms with Crippen LogP contribution in [0, 0.1) is 6.92 Å². The topological polar surface area (TPSA) is 48.4 Å². The molecule has 1 unspecified atom stereocenters. The van der Waals surface area contributed by atoms with Gasteiger partial charge in [-0.3, -0.25) is 0 Å². The highest BCUT2D eigenvalue weighted by molar-refractivity contribution is 9.10. The van der Waals surface area contributed by atoms with Crippen LogP contribution >= 0.6 is 15.9 Å². The van der Waals surface area contributed by atoms with Crippen molar-refractivity contribution in [3.8, 4) is 5.75 Å². The van der Waals surface area contributed by atoms with Crippen LogP contribution in [0.1, 0.15) is 18.2 Å². The zero-order valence-electron chi connectivity index (χ0n) is 10.2. The molecule has 92 valence electrons. The number of nitrogens with two attached hydrogens (primary N) is 1. The molecule has 0 aliphatic carbocycles. The smallest absolute Gasteiger partial charge is 0.177 e. The fourth-order valence-corrected chi connectivity index (χ4v) is 2.54. The van der Waals surface area contributed by atoms with Crippen molar-refractivity contribution in [3.63, 3.8) is 0 Å². The van der Waals surface area contributed by atoms with E-state index in [0.717, 1.165) is 38.9 Å². The van der Waals surface area contributed by atoms with Crippen molar-refractivity contribution in [3.05, 3.63) is 27.9 Å². The quantitative estimate of drug-likeness (QED) is 0.944. The van der Waals surface area contributed by atoms with Crippen LogP contribution in [0.15, 0.2) is 21.0 Å². The van der Waals surface area contributed by atoms with Gasteiger partial charge in [-0.2, -0.15) is 0 Å². The Kier molecular flexibility index (Phi) is 3.45. The molecular formula is C13H16BrNO2. The predicted molar refractivity (Wildman–Crippen MR) is 72.6 cm³/mol. The van der Waals surface area contributed by atoms with Gasteiger partial charge in [-0.1, -0.05) is 0 Å². The Morgan fingerprint density at radius 1 is 1.47 bits per heavy atom. The van der Waals surface area contributed by atoms with E-state index < -0.39 is 0 Å². The number of aryl methyl sites for hydroxylation is 1. The molecule has 0 aliphatic rings. The van der Waals surface area contributed by atoms with Crippen LogP contribution in [-0.4, -0.2) is 13.2 Å². The highest BCUT2D eigenvalue weighted by atomic mass is 79.9. The Morgan fingerprint density at radius 2 is 2.18 bits per heavy atom. The minimum atomic E-state index is 0.112. The Morgan fingerprint density at radius 3 is 2.76 bits per heavy atom. The monoisotopic (exact) mass is 297 g/mol. The first-order chi connectivity index (χ1) is 8.02. The summed E-state index contributed by atoms with van der Waals surface area (Å²) in [6.45, 7) is 3.92. The predicted octanol–water partition coefficient (Wildman–Crippen LogP) is 3.40. The lowest BCUT2D eigenvalue weighted by Crippen LogP contribution is -2.18. The third kappa shape index (κ3) is 2.33. The van der Waals surface area contributed by atoms with E-state index in [2.05, 4.69) is 15.9 Å². The van der Waals surface area contributed by atoms with Crippen LogP contribution in [0.2, 0.25) is 0 Å². The van der Waals surface area contributed by atoms with Crippen LogP contribution in [0.3, 0.4) is 0 Å². The van der Waals surface area contributed by atoms with Gasteiger partial charge >= 0.3 is 0 Å². The van der Waals surface area contributed by atoms with E-state index in [1.165, 1.54) is 0 Å². The van der Waals surface area contributed by atoms with Gasteiger partial charge in [-0.05, 0) is 53.9 Å². The highest BCUT2D eigenvalue weighted by Crippen LogP contribution is 2.37. The molecule has 0 bridgehead atoms. The van der Waals surface area contributed by atoms with Gasteiger partial charge in [0.2, 0.25) is 0 Å². The molecule has 1 aromatic heterocycles. The fraction of sp³-hybridized carbons (Fsp3) is 0.385. The molecule has 2 rings (SSSR count). The van der Waals surface area contributed by atoms with E-state index in [0.29, 0.717) is 0 Å².